The number of rotatable bonds is 5. The Labute approximate surface area is 173 Å². The fourth-order valence-electron chi connectivity index (χ4n) is 3.94. The third-order valence-corrected chi connectivity index (χ3v) is 5.81. The van der Waals surface area contributed by atoms with Gasteiger partial charge < -0.3 is 14.5 Å². The molecule has 2 atom stereocenters. The zero-order valence-corrected chi connectivity index (χ0v) is 17.9. The predicted molar refractivity (Wildman–Crippen MR) is 115 cm³/mol. The van der Waals surface area contributed by atoms with Crippen LogP contribution in [0.3, 0.4) is 0 Å². The molecule has 0 spiro atoms. The predicted octanol–water partition coefficient (Wildman–Crippen LogP) is 4.35. The smallest absolute Gasteiger partial charge is 0.228 e. The number of ether oxygens (including phenoxy) is 1. The molecule has 1 aliphatic rings. The second-order valence-corrected chi connectivity index (χ2v) is 7.97. The molecule has 5 nitrogen and oxygen atoms in total. The van der Waals surface area contributed by atoms with Gasteiger partial charge in [-0.15, -0.1) is 0 Å². The number of hydrogen-bond acceptors (Lipinski definition) is 3. The number of hydrogen-bond donors (Lipinski definition) is 0. The van der Waals surface area contributed by atoms with Crippen LogP contribution in [0.5, 0.6) is 5.75 Å². The van der Waals surface area contributed by atoms with Gasteiger partial charge in [0.05, 0.1) is 19.1 Å². The van der Waals surface area contributed by atoms with Crippen LogP contribution < -0.4 is 9.64 Å². The van der Waals surface area contributed by atoms with E-state index in [2.05, 4.69) is 0 Å². The van der Waals surface area contributed by atoms with Crippen LogP contribution in [0, 0.1) is 12.8 Å². The summed E-state index contributed by atoms with van der Waals surface area (Å²) in [6.45, 7) is 6.02. The lowest BCUT2D eigenvalue weighted by atomic mass is 9.82. The molecule has 2 aromatic rings. The van der Waals surface area contributed by atoms with Gasteiger partial charge in [-0.25, -0.2) is 0 Å². The molecule has 1 aliphatic heterocycles. The van der Waals surface area contributed by atoms with E-state index in [-0.39, 0.29) is 23.8 Å². The highest BCUT2D eigenvalue weighted by molar-refractivity contribution is 5.97. The van der Waals surface area contributed by atoms with E-state index in [9.17, 15) is 9.59 Å². The lowest BCUT2D eigenvalue weighted by Crippen LogP contribution is -2.49. The normalized spacial score (nSPS) is 19.4. The summed E-state index contributed by atoms with van der Waals surface area (Å²) in [6, 6.07) is 15.2. The zero-order chi connectivity index (χ0) is 21.1. The van der Waals surface area contributed by atoms with Crippen LogP contribution in [0.25, 0.3) is 0 Å². The van der Waals surface area contributed by atoms with Gasteiger partial charge in [0.2, 0.25) is 11.8 Å². The van der Waals surface area contributed by atoms with E-state index in [0.29, 0.717) is 18.6 Å². The summed E-state index contributed by atoms with van der Waals surface area (Å²) < 4.78 is 5.61. The van der Waals surface area contributed by atoms with Crippen LogP contribution in [0.1, 0.15) is 43.9 Å². The van der Waals surface area contributed by atoms with Crippen LogP contribution in [-0.2, 0) is 9.59 Å². The van der Waals surface area contributed by atoms with Gasteiger partial charge in [-0.1, -0.05) is 35.9 Å². The van der Waals surface area contributed by atoms with Crippen molar-refractivity contribution < 1.29 is 14.3 Å². The van der Waals surface area contributed by atoms with E-state index in [1.807, 2.05) is 76.3 Å². The molecule has 0 radical (unpaired) electrons. The van der Waals surface area contributed by atoms with Gasteiger partial charge in [0.1, 0.15) is 5.75 Å². The number of methoxy groups -OCH3 is 1. The minimum atomic E-state index is -0.413. The summed E-state index contributed by atoms with van der Waals surface area (Å²) in [7, 11) is 3.45. The number of carbonyl (C=O) groups is 2. The quantitative estimate of drug-likeness (QED) is 0.757. The van der Waals surface area contributed by atoms with Crippen LogP contribution in [0.4, 0.5) is 5.69 Å². The molecule has 1 saturated heterocycles. The van der Waals surface area contributed by atoms with Gasteiger partial charge >= 0.3 is 0 Å². The Balaban J connectivity index is 2.15. The molecule has 0 bridgehead atoms. The summed E-state index contributed by atoms with van der Waals surface area (Å²) in [5.41, 5.74) is 2.79. The Morgan fingerprint density at radius 1 is 1.14 bits per heavy atom. The largest absolute Gasteiger partial charge is 0.496 e. The number of aryl methyl sites for hydroxylation is 1. The molecule has 1 fully saturated rings. The molecular weight excluding hydrogens is 364 g/mol. The third kappa shape index (κ3) is 4.14. The van der Waals surface area contributed by atoms with Crippen LogP contribution in [0.2, 0.25) is 0 Å². The standard InChI is InChI=1S/C24H30N2O3/c1-16(2)25(4)24(28)20-14-15-22(27)26(18-12-10-17(3)11-13-18)23(20)19-8-6-7-9-21(19)29-5/h6-13,16,20,23H,14-15H2,1-5H3. The molecule has 2 unspecified atom stereocenters. The van der Waals surface area contributed by atoms with Gasteiger partial charge in [-0.3, -0.25) is 9.59 Å². The first-order valence-electron chi connectivity index (χ1n) is 10.1. The minimum absolute atomic E-state index is 0.0287. The molecule has 0 N–H and O–H groups in total. The number of carbonyl (C=O) groups excluding carboxylic acids is 2. The number of para-hydroxylation sites is 1. The van der Waals surface area contributed by atoms with Crippen molar-refractivity contribution in [2.24, 2.45) is 5.92 Å². The number of benzene rings is 2. The second-order valence-electron chi connectivity index (χ2n) is 7.97. The molecule has 2 amide bonds. The van der Waals surface area contributed by atoms with E-state index >= 15 is 0 Å². The van der Waals surface area contributed by atoms with Crippen molar-refractivity contribution >= 4 is 17.5 Å². The molecule has 3 rings (SSSR count). The minimum Gasteiger partial charge on any atom is -0.496 e. The van der Waals surface area contributed by atoms with E-state index < -0.39 is 6.04 Å². The first-order valence-corrected chi connectivity index (χ1v) is 10.1. The number of nitrogens with zero attached hydrogens (tertiary/aromatic N) is 2. The Hall–Kier alpha value is -2.82. The summed E-state index contributed by atoms with van der Waals surface area (Å²) in [5.74, 6) is 0.438. The van der Waals surface area contributed by atoms with Gasteiger partial charge in [0.15, 0.2) is 0 Å². The maximum atomic E-state index is 13.4. The lowest BCUT2D eigenvalue weighted by molar-refractivity contribution is -0.138. The van der Waals surface area contributed by atoms with Gasteiger partial charge in [-0.05, 0) is 45.4 Å². The molecule has 29 heavy (non-hydrogen) atoms. The van der Waals surface area contributed by atoms with E-state index in [1.165, 1.54) is 0 Å². The highest BCUT2D eigenvalue weighted by Crippen LogP contribution is 2.43. The Morgan fingerprint density at radius 3 is 2.41 bits per heavy atom. The Kier molecular flexibility index (Phi) is 6.26. The van der Waals surface area contributed by atoms with Crippen LogP contribution in [-0.4, -0.2) is 36.9 Å². The molecular formula is C24H30N2O3. The SMILES string of the molecule is COc1ccccc1C1C(C(=O)N(C)C(C)C)CCC(=O)N1c1ccc(C)cc1. The molecule has 0 saturated carbocycles. The first-order chi connectivity index (χ1) is 13.8. The highest BCUT2D eigenvalue weighted by atomic mass is 16.5. The van der Waals surface area contributed by atoms with Gasteiger partial charge in [0.25, 0.3) is 0 Å². The molecule has 2 aromatic carbocycles. The van der Waals surface area contributed by atoms with Crippen LogP contribution >= 0.6 is 0 Å². The number of anilines is 1. The maximum Gasteiger partial charge on any atom is 0.228 e. The monoisotopic (exact) mass is 394 g/mol. The van der Waals surface area contributed by atoms with E-state index in [0.717, 1.165) is 16.8 Å². The summed E-state index contributed by atoms with van der Waals surface area (Å²) >= 11 is 0. The first kappa shape index (κ1) is 20.9. The average molecular weight is 395 g/mol. The molecule has 0 aliphatic carbocycles. The van der Waals surface area contributed by atoms with Crippen molar-refractivity contribution in [3.63, 3.8) is 0 Å². The van der Waals surface area contributed by atoms with E-state index in [1.54, 1.807) is 16.9 Å². The summed E-state index contributed by atoms with van der Waals surface area (Å²) in [4.78, 5) is 30.1. The van der Waals surface area contributed by atoms with E-state index in [4.69, 9.17) is 4.74 Å². The fraction of sp³-hybridized carbons (Fsp3) is 0.417. The summed E-state index contributed by atoms with van der Waals surface area (Å²) in [5, 5.41) is 0. The average Bonchev–Trinajstić information content (AvgIpc) is 2.73. The van der Waals surface area contributed by atoms with Crippen molar-refractivity contribution in [2.75, 3.05) is 19.1 Å². The van der Waals surface area contributed by atoms with Gasteiger partial charge in [0, 0.05) is 30.8 Å². The second kappa shape index (κ2) is 8.68. The number of amides is 2. The Bertz CT molecular complexity index is 876. The summed E-state index contributed by atoms with van der Waals surface area (Å²) in [6.07, 6.45) is 0.877. The van der Waals surface area contributed by atoms with Crippen molar-refractivity contribution in [2.45, 2.75) is 45.7 Å². The zero-order valence-electron chi connectivity index (χ0n) is 17.9. The van der Waals surface area contributed by atoms with Gasteiger partial charge in [-0.2, -0.15) is 0 Å². The van der Waals surface area contributed by atoms with Crippen molar-refractivity contribution in [1.29, 1.82) is 0 Å². The Morgan fingerprint density at radius 2 is 1.79 bits per heavy atom. The molecule has 0 aromatic heterocycles. The molecule has 154 valence electrons. The lowest BCUT2D eigenvalue weighted by Gasteiger charge is -2.42. The van der Waals surface area contributed by atoms with Crippen molar-refractivity contribution in [3.05, 3.63) is 59.7 Å². The highest BCUT2D eigenvalue weighted by Gasteiger charge is 2.43. The maximum absolute atomic E-state index is 13.4. The fourth-order valence-corrected chi connectivity index (χ4v) is 3.94. The number of piperidine rings is 1. The topological polar surface area (TPSA) is 49.9 Å². The van der Waals surface area contributed by atoms with Crippen molar-refractivity contribution in [3.8, 4) is 5.75 Å². The van der Waals surface area contributed by atoms with Crippen LogP contribution in [0.15, 0.2) is 48.5 Å². The molecule has 5 heteroatoms. The van der Waals surface area contributed by atoms with Crippen molar-refractivity contribution in [1.82, 2.24) is 4.90 Å². The third-order valence-electron chi connectivity index (χ3n) is 5.81. The molecule has 1 heterocycles.